The molecule has 2 aromatic carbocycles. The quantitative estimate of drug-likeness (QED) is 0.389. The molecule has 0 radical (unpaired) electrons. The second-order valence-electron chi connectivity index (χ2n) is 9.91. The van der Waals surface area contributed by atoms with E-state index in [4.69, 9.17) is 9.47 Å². The van der Waals surface area contributed by atoms with Gasteiger partial charge in [0.2, 0.25) is 10.0 Å². The van der Waals surface area contributed by atoms with Crippen molar-refractivity contribution in [2.45, 2.75) is 44.8 Å². The van der Waals surface area contributed by atoms with Crippen LogP contribution in [-0.2, 0) is 17.1 Å². The summed E-state index contributed by atoms with van der Waals surface area (Å²) in [6.07, 6.45) is 4.96. The van der Waals surface area contributed by atoms with Crippen LogP contribution in [0.25, 0.3) is 11.1 Å². The fraction of sp³-hybridized carbons (Fsp3) is 0.393. The predicted octanol–water partition coefficient (Wildman–Crippen LogP) is 5.14. The summed E-state index contributed by atoms with van der Waals surface area (Å²) in [5.74, 6) is -1.51. The van der Waals surface area contributed by atoms with E-state index in [9.17, 15) is 22.0 Å². The third kappa shape index (κ3) is 6.96. The van der Waals surface area contributed by atoms with Crippen molar-refractivity contribution in [2.75, 3.05) is 24.6 Å². The number of benzene rings is 2. The topological polar surface area (TPSA) is 89.9 Å². The van der Waals surface area contributed by atoms with Gasteiger partial charge in [0.15, 0.2) is 11.6 Å². The van der Waals surface area contributed by atoms with Gasteiger partial charge in [-0.15, -0.1) is 0 Å². The number of hydrogen-bond donors (Lipinski definition) is 1. The van der Waals surface area contributed by atoms with Crippen LogP contribution < -0.4 is 19.8 Å². The largest absolute Gasteiger partial charge is 0.490 e. The summed E-state index contributed by atoms with van der Waals surface area (Å²) in [4.78, 5) is 14.8. The maximum absolute atomic E-state index is 14.5. The van der Waals surface area contributed by atoms with Gasteiger partial charge in [-0.05, 0) is 77.0 Å². The smallest absolute Gasteiger partial charge is 0.254 e. The van der Waals surface area contributed by atoms with Crippen molar-refractivity contribution < 1.29 is 26.7 Å². The molecule has 0 aliphatic heterocycles. The summed E-state index contributed by atoms with van der Waals surface area (Å²) < 4.78 is 68.6. The third-order valence-corrected chi connectivity index (χ3v) is 8.20. The first kappa shape index (κ1) is 28.6. The molecule has 1 N–H and O–H groups in total. The molecule has 1 saturated carbocycles. The van der Waals surface area contributed by atoms with Gasteiger partial charge in [0.25, 0.3) is 5.56 Å². The average Bonchev–Trinajstić information content (AvgIpc) is 2.88. The SMILES string of the molecule is CCS(=O)(=O)Nc1ccc(Oc2ccc(F)cc2F)c(-c2cn(C)c(=O)cc2OC2CCC(N(C)C)CC2)c1. The van der Waals surface area contributed by atoms with Crippen LogP contribution in [-0.4, -0.2) is 49.9 Å². The van der Waals surface area contributed by atoms with Crippen LogP contribution in [0.3, 0.4) is 0 Å². The molecule has 1 aliphatic rings. The number of nitrogens with one attached hydrogen (secondary N) is 1. The van der Waals surface area contributed by atoms with Gasteiger partial charge in [0.05, 0.1) is 11.9 Å². The zero-order valence-electron chi connectivity index (χ0n) is 22.4. The van der Waals surface area contributed by atoms with Gasteiger partial charge in [-0.3, -0.25) is 9.52 Å². The predicted molar refractivity (Wildman–Crippen MR) is 147 cm³/mol. The van der Waals surface area contributed by atoms with Crippen molar-refractivity contribution in [1.82, 2.24) is 9.47 Å². The zero-order chi connectivity index (χ0) is 28.3. The molecular formula is C28H33F2N3O5S. The number of pyridine rings is 1. The van der Waals surface area contributed by atoms with E-state index in [-0.39, 0.29) is 34.6 Å². The second kappa shape index (κ2) is 11.7. The average molecular weight is 562 g/mol. The lowest BCUT2D eigenvalue weighted by atomic mass is 9.92. The van der Waals surface area contributed by atoms with Crippen molar-refractivity contribution in [1.29, 1.82) is 0 Å². The fourth-order valence-corrected chi connectivity index (χ4v) is 5.22. The van der Waals surface area contributed by atoms with Gasteiger partial charge < -0.3 is 18.9 Å². The Morgan fingerprint density at radius 3 is 2.31 bits per heavy atom. The van der Waals surface area contributed by atoms with E-state index in [0.29, 0.717) is 29.0 Å². The van der Waals surface area contributed by atoms with Crippen LogP contribution in [0.15, 0.2) is 53.5 Å². The first-order valence-electron chi connectivity index (χ1n) is 12.8. The summed E-state index contributed by atoms with van der Waals surface area (Å²) in [6.45, 7) is 1.52. The number of nitrogens with zero attached hydrogens (tertiary/aromatic N) is 2. The van der Waals surface area contributed by atoms with Crippen molar-refractivity contribution in [2.24, 2.45) is 7.05 Å². The molecule has 1 aliphatic carbocycles. The number of aromatic nitrogens is 1. The summed E-state index contributed by atoms with van der Waals surface area (Å²) in [7, 11) is 2.09. The number of hydrogen-bond acceptors (Lipinski definition) is 6. The highest BCUT2D eigenvalue weighted by molar-refractivity contribution is 7.92. The first-order chi connectivity index (χ1) is 18.5. The standard InChI is InChI=1S/C28H33F2N3O5S/c1-5-39(35,36)31-19-7-13-25(38-26-12-6-18(29)14-24(26)30)22(15-19)23-17-33(4)28(34)16-27(23)37-21-10-8-20(9-11-21)32(2)3/h6-7,12-17,20-21,31H,5,8-11H2,1-4H3. The Morgan fingerprint density at radius 1 is 0.974 bits per heavy atom. The monoisotopic (exact) mass is 561 g/mol. The van der Waals surface area contributed by atoms with E-state index in [1.807, 2.05) is 0 Å². The molecule has 0 bridgehead atoms. The van der Waals surface area contributed by atoms with Crippen LogP contribution in [0.5, 0.6) is 17.2 Å². The molecule has 4 rings (SSSR count). The van der Waals surface area contributed by atoms with Gasteiger partial charge in [-0.2, -0.15) is 0 Å². The number of aryl methyl sites for hydroxylation is 1. The Hall–Kier alpha value is -3.44. The van der Waals surface area contributed by atoms with Crippen molar-refractivity contribution in [3.05, 3.63) is 70.6 Å². The number of anilines is 1. The Labute approximate surface area is 227 Å². The van der Waals surface area contributed by atoms with Crippen LogP contribution in [0, 0.1) is 11.6 Å². The Bertz CT molecular complexity index is 1500. The molecule has 3 aromatic rings. The summed E-state index contributed by atoms with van der Waals surface area (Å²) in [5, 5.41) is 0. The number of halogens is 2. The molecule has 0 unspecified atom stereocenters. The molecule has 1 fully saturated rings. The van der Waals surface area contributed by atoms with Crippen LogP contribution in [0.2, 0.25) is 0 Å². The second-order valence-corrected chi connectivity index (χ2v) is 11.9. The van der Waals surface area contributed by atoms with Gasteiger partial charge in [0.1, 0.15) is 17.3 Å². The highest BCUT2D eigenvalue weighted by atomic mass is 32.2. The van der Waals surface area contributed by atoms with E-state index in [0.717, 1.165) is 31.7 Å². The van der Waals surface area contributed by atoms with Crippen LogP contribution in [0.1, 0.15) is 32.6 Å². The maximum Gasteiger partial charge on any atom is 0.254 e. The Kier molecular flexibility index (Phi) is 8.60. The summed E-state index contributed by atoms with van der Waals surface area (Å²) >= 11 is 0. The number of rotatable bonds is 9. The van der Waals surface area contributed by atoms with Gasteiger partial charge in [-0.25, -0.2) is 17.2 Å². The minimum atomic E-state index is -3.60. The van der Waals surface area contributed by atoms with Crippen molar-refractivity contribution in [3.63, 3.8) is 0 Å². The lowest BCUT2D eigenvalue weighted by Crippen LogP contribution is -2.35. The zero-order valence-corrected chi connectivity index (χ0v) is 23.2. The molecule has 11 heteroatoms. The molecule has 8 nitrogen and oxygen atoms in total. The van der Waals surface area contributed by atoms with E-state index >= 15 is 0 Å². The molecule has 210 valence electrons. The molecule has 0 spiro atoms. The molecule has 1 aromatic heterocycles. The Morgan fingerprint density at radius 2 is 1.67 bits per heavy atom. The maximum atomic E-state index is 14.5. The van der Waals surface area contributed by atoms with E-state index in [1.165, 1.54) is 35.8 Å². The number of ether oxygens (including phenoxy) is 2. The lowest BCUT2D eigenvalue weighted by Gasteiger charge is -2.33. The highest BCUT2D eigenvalue weighted by Gasteiger charge is 2.26. The number of sulfonamides is 1. The van der Waals surface area contributed by atoms with E-state index in [2.05, 4.69) is 23.7 Å². The van der Waals surface area contributed by atoms with Crippen LogP contribution in [0.4, 0.5) is 14.5 Å². The van der Waals surface area contributed by atoms with E-state index < -0.39 is 21.7 Å². The highest BCUT2D eigenvalue weighted by Crippen LogP contribution is 2.41. The first-order valence-corrected chi connectivity index (χ1v) is 14.4. The third-order valence-electron chi connectivity index (χ3n) is 6.90. The molecular weight excluding hydrogens is 528 g/mol. The van der Waals surface area contributed by atoms with Crippen LogP contribution >= 0.6 is 0 Å². The summed E-state index contributed by atoms with van der Waals surface area (Å²) in [6, 6.07) is 9.32. The minimum absolute atomic E-state index is 0.118. The molecule has 1 heterocycles. The van der Waals surface area contributed by atoms with Crippen molar-refractivity contribution >= 4 is 15.7 Å². The minimum Gasteiger partial charge on any atom is -0.490 e. The van der Waals surface area contributed by atoms with Gasteiger partial charge >= 0.3 is 0 Å². The molecule has 39 heavy (non-hydrogen) atoms. The summed E-state index contributed by atoms with van der Waals surface area (Å²) in [5.41, 5.74) is 0.792. The molecule has 0 amide bonds. The van der Waals surface area contributed by atoms with Gasteiger partial charge in [0, 0.05) is 48.2 Å². The van der Waals surface area contributed by atoms with E-state index in [1.54, 1.807) is 19.3 Å². The Balaban J connectivity index is 1.78. The molecule has 0 saturated heterocycles. The lowest BCUT2D eigenvalue weighted by molar-refractivity contribution is 0.111. The molecule has 0 atom stereocenters. The normalized spacial score (nSPS) is 17.7. The van der Waals surface area contributed by atoms with Crippen molar-refractivity contribution in [3.8, 4) is 28.4 Å². The van der Waals surface area contributed by atoms with Gasteiger partial charge in [-0.1, -0.05) is 0 Å². The fourth-order valence-electron chi connectivity index (χ4n) is 4.59.